The molecule has 0 bridgehead atoms. The molecule has 0 aliphatic carbocycles. The normalized spacial score (nSPS) is 11.8. The lowest BCUT2D eigenvalue weighted by Crippen LogP contribution is -2.13. The van der Waals surface area contributed by atoms with Crippen molar-refractivity contribution >= 4 is 27.5 Å². The summed E-state index contributed by atoms with van der Waals surface area (Å²) in [6.45, 7) is 9.02. The number of hydrogen-bond donors (Lipinski definition) is 0. The zero-order valence-electron chi connectivity index (χ0n) is 16.3. The maximum atomic E-state index is 12.7. The van der Waals surface area contributed by atoms with Crippen LogP contribution in [-0.2, 0) is 7.05 Å². The van der Waals surface area contributed by atoms with E-state index in [0.717, 1.165) is 10.2 Å². The van der Waals surface area contributed by atoms with Crippen LogP contribution < -0.4 is 14.3 Å². The van der Waals surface area contributed by atoms with Crippen LogP contribution in [0.3, 0.4) is 0 Å². The van der Waals surface area contributed by atoms with Gasteiger partial charge in [-0.2, -0.15) is 4.99 Å². The number of ether oxygens (including phenoxy) is 2. The van der Waals surface area contributed by atoms with Crippen molar-refractivity contribution in [3.05, 3.63) is 51.8 Å². The third-order valence-electron chi connectivity index (χ3n) is 4.41. The van der Waals surface area contributed by atoms with E-state index in [9.17, 15) is 4.79 Å². The van der Waals surface area contributed by atoms with Gasteiger partial charge in [0.2, 0.25) is 0 Å². The third kappa shape index (κ3) is 3.90. The van der Waals surface area contributed by atoms with Crippen molar-refractivity contribution in [2.75, 3.05) is 13.2 Å². The molecule has 0 N–H and O–H groups in total. The molecule has 3 rings (SSSR count). The summed E-state index contributed by atoms with van der Waals surface area (Å²) in [6.07, 6.45) is 0. The summed E-state index contributed by atoms with van der Waals surface area (Å²) < 4.78 is 14.2. The van der Waals surface area contributed by atoms with Gasteiger partial charge >= 0.3 is 0 Å². The van der Waals surface area contributed by atoms with Gasteiger partial charge in [-0.25, -0.2) is 0 Å². The number of aromatic nitrogens is 1. The third-order valence-corrected chi connectivity index (χ3v) is 5.51. The molecule has 27 heavy (non-hydrogen) atoms. The molecule has 6 heteroatoms. The number of carbonyl (C=O) groups is 1. The number of fused-ring (bicyclic) bond motifs is 1. The Morgan fingerprint density at radius 1 is 1.04 bits per heavy atom. The number of rotatable bonds is 5. The molecule has 0 saturated heterocycles. The summed E-state index contributed by atoms with van der Waals surface area (Å²) in [5.41, 5.74) is 4.01. The SMILES string of the molecule is CCOc1ccc(C(=O)N=c2sc3cc(C)c(C)cc3n2C)cc1OCC. The van der Waals surface area contributed by atoms with E-state index in [4.69, 9.17) is 9.47 Å². The van der Waals surface area contributed by atoms with E-state index in [1.807, 2.05) is 25.5 Å². The standard InChI is InChI=1S/C21H24N2O3S/c1-6-25-17-9-8-15(12-18(17)26-7-2)20(24)22-21-23(5)16-10-13(3)14(4)11-19(16)27-21/h8-12H,6-7H2,1-5H3. The van der Waals surface area contributed by atoms with Gasteiger partial charge < -0.3 is 14.0 Å². The highest BCUT2D eigenvalue weighted by molar-refractivity contribution is 7.16. The lowest BCUT2D eigenvalue weighted by atomic mass is 10.1. The first-order valence-corrected chi connectivity index (χ1v) is 9.81. The molecule has 2 aromatic carbocycles. The molecule has 5 nitrogen and oxygen atoms in total. The first-order valence-electron chi connectivity index (χ1n) is 9.00. The van der Waals surface area contributed by atoms with Crippen molar-refractivity contribution in [2.45, 2.75) is 27.7 Å². The minimum atomic E-state index is -0.297. The van der Waals surface area contributed by atoms with Gasteiger partial charge in [-0.3, -0.25) is 4.79 Å². The number of hydrogen-bond acceptors (Lipinski definition) is 4. The molecular weight excluding hydrogens is 360 g/mol. The van der Waals surface area contributed by atoms with E-state index in [0.29, 0.717) is 35.1 Å². The number of aryl methyl sites for hydroxylation is 3. The molecule has 1 heterocycles. The smallest absolute Gasteiger partial charge is 0.279 e. The Kier molecular flexibility index (Phi) is 5.65. The number of carbonyl (C=O) groups excluding carboxylic acids is 1. The molecular formula is C21H24N2O3S. The minimum absolute atomic E-state index is 0.297. The van der Waals surface area contributed by atoms with Crippen LogP contribution in [0.2, 0.25) is 0 Å². The van der Waals surface area contributed by atoms with Crippen LogP contribution in [0.1, 0.15) is 35.3 Å². The van der Waals surface area contributed by atoms with Crippen LogP contribution in [0.4, 0.5) is 0 Å². The highest BCUT2D eigenvalue weighted by Gasteiger charge is 2.12. The second kappa shape index (κ2) is 7.96. The number of benzene rings is 2. The highest BCUT2D eigenvalue weighted by Crippen LogP contribution is 2.29. The predicted molar refractivity (Wildman–Crippen MR) is 109 cm³/mol. The number of amides is 1. The summed E-state index contributed by atoms with van der Waals surface area (Å²) in [4.78, 5) is 17.8. The molecule has 0 spiro atoms. The Bertz CT molecular complexity index is 1060. The first-order chi connectivity index (χ1) is 12.9. The van der Waals surface area contributed by atoms with Crippen molar-refractivity contribution in [1.82, 2.24) is 4.57 Å². The lowest BCUT2D eigenvalue weighted by molar-refractivity contribution is 0.0997. The summed E-state index contributed by atoms with van der Waals surface area (Å²) in [5.74, 6) is 0.899. The zero-order valence-corrected chi connectivity index (χ0v) is 17.1. The van der Waals surface area contributed by atoms with Crippen molar-refractivity contribution in [3.8, 4) is 11.5 Å². The van der Waals surface area contributed by atoms with E-state index >= 15 is 0 Å². The number of nitrogens with zero attached hydrogens (tertiary/aromatic N) is 2. The Morgan fingerprint density at radius 3 is 2.41 bits per heavy atom. The van der Waals surface area contributed by atoms with Gasteiger partial charge in [0.1, 0.15) is 0 Å². The maximum Gasteiger partial charge on any atom is 0.279 e. The molecule has 0 aliphatic rings. The zero-order chi connectivity index (χ0) is 19.6. The molecule has 0 fully saturated rings. The van der Waals surface area contributed by atoms with Crippen LogP contribution in [0, 0.1) is 13.8 Å². The fourth-order valence-electron chi connectivity index (χ4n) is 2.82. The molecule has 0 atom stereocenters. The molecule has 142 valence electrons. The maximum absolute atomic E-state index is 12.7. The molecule has 0 unspecified atom stereocenters. The monoisotopic (exact) mass is 384 g/mol. The van der Waals surface area contributed by atoms with Crippen molar-refractivity contribution in [3.63, 3.8) is 0 Å². The van der Waals surface area contributed by atoms with E-state index < -0.39 is 0 Å². The van der Waals surface area contributed by atoms with Crippen LogP contribution in [-0.4, -0.2) is 23.7 Å². The van der Waals surface area contributed by atoms with Crippen molar-refractivity contribution < 1.29 is 14.3 Å². The molecule has 0 radical (unpaired) electrons. The Hall–Kier alpha value is -2.60. The Labute approximate surface area is 162 Å². The summed E-state index contributed by atoms with van der Waals surface area (Å²) in [5, 5.41) is 0. The molecule has 1 aromatic heterocycles. The van der Waals surface area contributed by atoms with Gasteiger partial charge in [0.05, 0.1) is 23.4 Å². The van der Waals surface area contributed by atoms with Gasteiger partial charge in [-0.1, -0.05) is 11.3 Å². The van der Waals surface area contributed by atoms with E-state index in [-0.39, 0.29) is 5.91 Å². The fourth-order valence-corrected chi connectivity index (χ4v) is 3.92. The molecule has 0 saturated carbocycles. The number of thiazole rings is 1. The summed E-state index contributed by atoms with van der Waals surface area (Å²) in [6, 6.07) is 9.45. The van der Waals surface area contributed by atoms with Gasteiger partial charge in [-0.15, -0.1) is 0 Å². The van der Waals surface area contributed by atoms with Gasteiger partial charge in [0.25, 0.3) is 5.91 Å². The van der Waals surface area contributed by atoms with Crippen molar-refractivity contribution in [1.29, 1.82) is 0 Å². The van der Waals surface area contributed by atoms with E-state index in [1.54, 1.807) is 18.2 Å². The summed E-state index contributed by atoms with van der Waals surface area (Å²) in [7, 11) is 1.93. The second-order valence-corrected chi connectivity index (χ2v) is 7.30. The van der Waals surface area contributed by atoms with Gasteiger partial charge in [0, 0.05) is 12.6 Å². The molecule has 1 amide bonds. The quantitative estimate of drug-likeness (QED) is 0.655. The molecule has 0 aliphatic heterocycles. The van der Waals surface area contributed by atoms with Crippen LogP contribution in [0.15, 0.2) is 35.3 Å². The van der Waals surface area contributed by atoms with Crippen LogP contribution >= 0.6 is 11.3 Å². The van der Waals surface area contributed by atoms with Gasteiger partial charge in [0.15, 0.2) is 16.3 Å². The topological polar surface area (TPSA) is 52.8 Å². The average Bonchev–Trinajstić information content (AvgIpc) is 2.92. The van der Waals surface area contributed by atoms with Crippen LogP contribution in [0.25, 0.3) is 10.2 Å². The minimum Gasteiger partial charge on any atom is -0.490 e. The highest BCUT2D eigenvalue weighted by atomic mass is 32.1. The molecule has 3 aromatic rings. The first kappa shape index (κ1) is 19.2. The van der Waals surface area contributed by atoms with E-state index in [1.165, 1.54) is 22.5 Å². The largest absolute Gasteiger partial charge is 0.490 e. The van der Waals surface area contributed by atoms with Crippen LogP contribution in [0.5, 0.6) is 11.5 Å². The fraction of sp³-hybridized carbons (Fsp3) is 0.333. The van der Waals surface area contributed by atoms with Gasteiger partial charge in [-0.05, 0) is 69.2 Å². The lowest BCUT2D eigenvalue weighted by Gasteiger charge is -2.11. The summed E-state index contributed by atoms with van der Waals surface area (Å²) >= 11 is 1.52. The second-order valence-electron chi connectivity index (χ2n) is 6.29. The van der Waals surface area contributed by atoms with E-state index in [2.05, 4.69) is 31.0 Å². The van der Waals surface area contributed by atoms with Crippen molar-refractivity contribution in [2.24, 2.45) is 12.0 Å². The Balaban J connectivity index is 2.02. The predicted octanol–water partition coefficient (Wildman–Crippen LogP) is 4.40. The average molecular weight is 385 g/mol. The Morgan fingerprint density at radius 2 is 1.70 bits per heavy atom.